The van der Waals surface area contributed by atoms with E-state index in [1.807, 2.05) is 6.92 Å². The Morgan fingerprint density at radius 2 is 1.74 bits per heavy atom. The van der Waals surface area contributed by atoms with Crippen LogP contribution in [-0.4, -0.2) is 45.9 Å². The van der Waals surface area contributed by atoms with Crippen molar-refractivity contribution in [2.75, 3.05) is 13.2 Å². The van der Waals surface area contributed by atoms with E-state index >= 15 is 0 Å². The van der Waals surface area contributed by atoms with E-state index in [1.54, 1.807) is 6.92 Å². The highest BCUT2D eigenvalue weighted by Crippen LogP contribution is 2.36. The minimum Gasteiger partial charge on any atom is -0.481 e. The molecule has 0 aromatic heterocycles. The zero-order valence-corrected chi connectivity index (χ0v) is 11.4. The van der Waals surface area contributed by atoms with Crippen LogP contribution < -0.4 is 5.32 Å². The van der Waals surface area contributed by atoms with Crippen molar-refractivity contribution in [2.24, 2.45) is 17.8 Å². The van der Waals surface area contributed by atoms with Gasteiger partial charge in [0.25, 0.3) is 0 Å². The van der Waals surface area contributed by atoms with Crippen molar-refractivity contribution in [3.8, 4) is 0 Å². The zero-order chi connectivity index (χ0) is 14.6. The lowest BCUT2D eigenvalue weighted by atomic mass is 9.92. The molecule has 110 valence electrons. The van der Waals surface area contributed by atoms with Crippen LogP contribution in [0.5, 0.6) is 0 Å². The molecular formula is C13H23NO5. The Balaban J connectivity index is 2.79. The summed E-state index contributed by atoms with van der Waals surface area (Å²) in [6.45, 7) is 2.94. The van der Waals surface area contributed by atoms with E-state index in [0.29, 0.717) is 19.3 Å². The van der Waals surface area contributed by atoms with Crippen molar-refractivity contribution in [1.29, 1.82) is 0 Å². The number of aliphatic carboxylic acids is 1. The molecule has 0 saturated heterocycles. The van der Waals surface area contributed by atoms with E-state index in [9.17, 15) is 19.8 Å². The third-order valence-corrected chi connectivity index (χ3v) is 4.12. The zero-order valence-electron chi connectivity index (χ0n) is 11.4. The first-order chi connectivity index (χ1) is 8.89. The van der Waals surface area contributed by atoms with E-state index in [4.69, 9.17) is 5.11 Å². The highest BCUT2D eigenvalue weighted by atomic mass is 16.4. The topological polar surface area (TPSA) is 107 Å². The number of carboxylic acid groups (broad SMARTS) is 1. The molecule has 1 aliphatic rings. The molecule has 1 rings (SSSR count). The predicted octanol–water partition coefficient (Wildman–Crippen LogP) is -0.0171. The monoisotopic (exact) mass is 273 g/mol. The van der Waals surface area contributed by atoms with Crippen LogP contribution in [0.1, 0.15) is 33.1 Å². The third-order valence-electron chi connectivity index (χ3n) is 4.12. The summed E-state index contributed by atoms with van der Waals surface area (Å²) in [6.07, 6.45) is 1.40. The maximum atomic E-state index is 12.2. The number of carbonyl (C=O) groups is 2. The number of carboxylic acids is 1. The minimum atomic E-state index is -1.06. The number of rotatable bonds is 6. The Bertz CT molecular complexity index is 332. The molecule has 1 saturated carbocycles. The summed E-state index contributed by atoms with van der Waals surface area (Å²) in [5.74, 6) is -2.42. The van der Waals surface area contributed by atoms with Crippen LogP contribution in [0.15, 0.2) is 0 Å². The summed E-state index contributed by atoms with van der Waals surface area (Å²) in [4.78, 5) is 23.4. The lowest BCUT2D eigenvalue weighted by molar-refractivity contribution is -0.146. The number of aliphatic hydroxyl groups is 2. The van der Waals surface area contributed by atoms with Gasteiger partial charge in [-0.1, -0.05) is 13.8 Å². The fourth-order valence-electron chi connectivity index (χ4n) is 2.65. The largest absolute Gasteiger partial charge is 0.481 e. The smallest absolute Gasteiger partial charge is 0.307 e. The van der Waals surface area contributed by atoms with Gasteiger partial charge in [-0.25, -0.2) is 0 Å². The van der Waals surface area contributed by atoms with Gasteiger partial charge in [0, 0.05) is 0 Å². The average molecular weight is 273 g/mol. The number of hydrogen-bond acceptors (Lipinski definition) is 4. The summed E-state index contributed by atoms with van der Waals surface area (Å²) >= 11 is 0. The van der Waals surface area contributed by atoms with Gasteiger partial charge in [-0.3, -0.25) is 9.59 Å². The van der Waals surface area contributed by atoms with Gasteiger partial charge in [-0.15, -0.1) is 0 Å². The van der Waals surface area contributed by atoms with Crippen LogP contribution in [0.4, 0.5) is 0 Å². The summed E-state index contributed by atoms with van der Waals surface area (Å²) in [7, 11) is 0. The molecule has 3 unspecified atom stereocenters. The lowest BCUT2D eigenvalue weighted by Gasteiger charge is -2.31. The Morgan fingerprint density at radius 3 is 2.16 bits per heavy atom. The average Bonchev–Trinajstić information content (AvgIpc) is 2.78. The van der Waals surface area contributed by atoms with E-state index < -0.39 is 23.3 Å². The predicted molar refractivity (Wildman–Crippen MR) is 68.4 cm³/mol. The third kappa shape index (κ3) is 3.45. The van der Waals surface area contributed by atoms with E-state index in [0.717, 1.165) is 0 Å². The molecule has 1 amide bonds. The van der Waals surface area contributed by atoms with Gasteiger partial charge in [-0.2, -0.15) is 0 Å². The first-order valence-electron chi connectivity index (χ1n) is 6.65. The summed E-state index contributed by atoms with van der Waals surface area (Å²) in [5, 5.41) is 30.4. The first kappa shape index (κ1) is 15.9. The number of aliphatic hydroxyl groups excluding tert-OH is 2. The van der Waals surface area contributed by atoms with Crippen LogP contribution in [-0.2, 0) is 9.59 Å². The fraction of sp³-hybridized carbons (Fsp3) is 0.846. The van der Waals surface area contributed by atoms with Gasteiger partial charge < -0.3 is 20.6 Å². The maximum Gasteiger partial charge on any atom is 0.307 e. The summed E-state index contributed by atoms with van der Waals surface area (Å²) in [6, 6.07) is 0. The van der Waals surface area contributed by atoms with Crippen molar-refractivity contribution >= 4 is 11.9 Å². The molecule has 6 nitrogen and oxygen atoms in total. The van der Waals surface area contributed by atoms with Crippen molar-refractivity contribution in [1.82, 2.24) is 5.32 Å². The quantitative estimate of drug-likeness (QED) is 0.544. The van der Waals surface area contributed by atoms with Crippen LogP contribution >= 0.6 is 0 Å². The molecule has 0 spiro atoms. The molecule has 3 atom stereocenters. The molecule has 0 radical (unpaired) electrons. The first-order valence-corrected chi connectivity index (χ1v) is 6.65. The molecule has 0 heterocycles. The van der Waals surface area contributed by atoms with Crippen LogP contribution in [0, 0.1) is 17.8 Å². The molecule has 19 heavy (non-hydrogen) atoms. The second kappa shape index (κ2) is 6.34. The van der Waals surface area contributed by atoms with Crippen molar-refractivity contribution in [3.05, 3.63) is 0 Å². The maximum absolute atomic E-state index is 12.2. The molecule has 0 aromatic rings. The van der Waals surface area contributed by atoms with Gasteiger partial charge in [0.05, 0.1) is 30.6 Å². The minimum absolute atomic E-state index is 0.191. The molecule has 1 aliphatic carbocycles. The van der Waals surface area contributed by atoms with Crippen molar-refractivity contribution in [2.45, 2.75) is 38.6 Å². The standard InChI is InChI=1S/C13H23NO5/c1-3-13(6-15,7-16)14-11(17)9-4-8(2)5-10(9)12(18)19/h8-10,15-16H,3-7H2,1-2H3,(H,14,17)(H,18,19). The Morgan fingerprint density at radius 1 is 1.21 bits per heavy atom. The van der Waals surface area contributed by atoms with Crippen LogP contribution in [0.2, 0.25) is 0 Å². The van der Waals surface area contributed by atoms with E-state index in [2.05, 4.69) is 5.32 Å². The lowest BCUT2D eigenvalue weighted by Crippen LogP contribution is -2.55. The molecule has 6 heteroatoms. The number of hydrogen-bond donors (Lipinski definition) is 4. The van der Waals surface area contributed by atoms with Crippen LogP contribution in [0.25, 0.3) is 0 Å². The Kier molecular flexibility index (Phi) is 5.31. The summed E-state index contributed by atoms with van der Waals surface area (Å²) < 4.78 is 0. The van der Waals surface area contributed by atoms with E-state index in [1.165, 1.54) is 0 Å². The Hall–Kier alpha value is -1.14. The highest BCUT2D eigenvalue weighted by molar-refractivity contribution is 5.85. The number of nitrogens with one attached hydrogen (secondary N) is 1. The number of amides is 1. The molecule has 0 aromatic carbocycles. The fourth-order valence-corrected chi connectivity index (χ4v) is 2.65. The van der Waals surface area contributed by atoms with Crippen molar-refractivity contribution in [3.63, 3.8) is 0 Å². The highest BCUT2D eigenvalue weighted by Gasteiger charge is 2.43. The summed E-state index contributed by atoms with van der Waals surface area (Å²) in [5.41, 5.74) is -1.06. The van der Waals surface area contributed by atoms with E-state index in [-0.39, 0.29) is 25.0 Å². The molecule has 1 fully saturated rings. The normalized spacial score (nSPS) is 27.3. The molecule has 0 aliphatic heterocycles. The van der Waals surface area contributed by atoms with Gasteiger partial charge >= 0.3 is 5.97 Å². The second-order valence-electron chi connectivity index (χ2n) is 5.57. The van der Waals surface area contributed by atoms with Crippen LogP contribution in [0.3, 0.4) is 0 Å². The number of carbonyl (C=O) groups excluding carboxylic acids is 1. The SMILES string of the molecule is CCC(CO)(CO)NC(=O)C1CC(C)CC1C(=O)O. The molecule has 4 N–H and O–H groups in total. The van der Waals surface area contributed by atoms with Gasteiger partial charge in [0.15, 0.2) is 0 Å². The molecular weight excluding hydrogens is 250 g/mol. The Labute approximate surface area is 112 Å². The molecule has 0 bridgehead atoms. The van der Waals surface area contributed by atoms with Gasteiger partial charge in [0.1, 0.15) is 0 Å². The van der Waals surface area contributed by atoms with Crippen molar-refractivity contribution < 1.29 is 24.9 Å². The van der Waals surface area contributed by atoms with Gasteiger partial charge in [-0.05, 0) is 25.2 Å². The van der Waals surface area contributed by atoms with Gasteiger partial charge in [0.2, 0.25) is 5.91 Å². The second-order valence-corrected chi connectivity index (χ2v) is 5.57.